The molecule has 1 unspecified atom stereocenters. The molecule has 1 rings (SSSR count). The molecule has 0 saturated carbocycles. The van der Waals surface area contributed by atoms with Crippen molar-refractivity contribution >= 4 is 11.7 Å². The Hall–Kier alpha value is -1.32. The molecule has 0 aromatic heterocycles. The van der Waals surface area contributed by atoms with E-state index in [0.717, 1.165) is 13.0 Å². The van der Waals surface area contributed by atoms with Crippen LogP contribution in [0.4, 0.5) is 0 Å². The standard InChI is InChI=1S/C12H20N2O2/c1-4-9-7-10(13)11(12(15)16-6-3)14(5-2)8-9/h8,11,13H,4-7H2,1-3H3. The molecule has 0 saturated heterocycles. The van der Waals surface area contributed by atoms with E-state index in [0.29, 0.717) is 18.7 Å². The Labute approximate surface area is 96.8 Å². The normalized spacial score (nSPS) is 20.7. The fourth-order valence-corrected chi connectivity index (χ4v) is 1.89. The molecule has 0 amide bonds. The van der Waals surface area contributed by atoms with Gasteiger partial charge >= 0.3 is 5.97 Å². The van der Waals surface area contributed by atoms with Crippen molar-refractivity contribution in [1.82, 2.24) is 4.90 Å². The van der Waals surface area contributed by atoms with Crippen LogP contribution in [0, 0.1) is 5.41 Å². The van der Waals surface area contributed by atoms with Gasteiger partial charge in [0.05, 0.1) is 6.61 Å². The third kappa shape index (κ3) is 2.62. The zero-order chi connectivity index (χ0) is 12.1. The van der Waals surface area contributed by atoms with Crippen LogP contribution in [-0.4, -0.2) is 35.8 Å². The molecule has 0 spiro atoms. The number of esters is 1. The van der Waals surface area contributed by atoms with Crippen LogP contribution in [0.2, 0.25) is 0 Å². The van der Waals surface area contributed by atoms with Crippen molar-refractivity contribution < 1.29 is 9.53 Å². The smallest absolute Gasteiger partial charge is 0.334 e. The van der Waals surface area contributed by atoms with Gasteiger partial charge in [0.2, 0.25) is 0 Å². The fraction of sp³-hybridized carbons (Fsp3) is 0.667. The van der Waals surface area contributed by atoms with Gasteiger partial charge in [0, 0.05) is 18.7 Å². The summed E-state index contributed by atoms with van der Waals surface area (Å²) in [5.74, 6) is -0.305. The molecule has 4 heteroatoms. The van der Waals surface area contributed by atoms with Crippen molar-refractivity contribution in [2.45, 2.75) is 39.7 Å². The van der Waals surface area contributed by atoms with Gasteiger partial charge in [-0.1, -0.05) is 6.92 Å². The second-order valence-corrected chi connectivity index (χ2v) is 3.83. The zero-order valence-electron chi connectivity index (χ0n) is 10.2. The van der Waals surface area contributed by atoms with Crippen molar-refractivity contribution in [2.75, 3.05) is 13.2 Å². The van der Waals surface area contributed by atoms with E-state index < -0.39 is 6.04 Å². The number of likely N-dealkylation sites (N-methyl/N-ethyl adjacent to an activating group) is 1. The lowest BCUT2D eigenvalue weighted by Gasteiger charge is -2.33. The van der Waals surface area contributed by atoms with Crippen LogP contribution in [0.1, 0.15) is 33.6 Å². The number of rotatable bonds is 4. The molecule has 1 aliphatic heterocycles. The first-order valence-corrected chi connectivity index (χ1v) is 5.83. The number of nitrogens with one attached hydrogen (secondary N) is 1. The molecule has 1 heterocycles. The predicted octanol–water partition coefficient (Wildman–Crippen LogP) is 1.96. The van der Waals surface area contributed by atoms with Crippen LogP contribution in [0.3, 0.4) is 0 Å². The summed E-state index contributed by atoms with van der Waals surface area (Å²) < 4.78 is 5.00. The Kier molecular flexibility index (Phi) is 4.52. The molecular weight excluding hydrogens is 204 g/mol. The van der Waals surface area contributed by atoms with Crippen molar-refractivity contribution in [1.29, 1.82) is 5.41 Å². The van der Waals surface area contributed by atoms with Crippen molar-refractivity contribution in [2.24, 2.45) is 0 Å². The summed E-state index contributed by atoms with van der Waals surface area (Å²) >= 11 is 0. The number of carbonyl (C=O) groups excluding carboxylic acids is 1. The topological polar surface area (TPSA) is 53.4 Å². The number of nitrogens with zero attached hydrogens (tertiary/aromatic N) is 1. The number of allylic oxidation sites excluding steroid dienone is 1. The van der Waals surface area contributed by atoms with Crippen LogP contribution in [-0.2, 0) is 9.53 Å². The molecule has 16 heavy (non-hydrogen) atoms. The van der Waals surface area contributed by atoms with Gasteiger partial charge in [-0.15, -0.1) is 0 Å². The molecule has 1 atom stereocenters. The Morgan fingerprint density at radius 2 is 2.25 bits per heavy atom. The van der Waals surface area contributed by atoms with E-state index in [9.17, 15) is 4.79 Å². The molecule has 90 valence electrons. The third-order valence-corrected chi connectivity index (χ3v) is 2.76. The highest BCUT2D eigenvalue weighted by molar-refractivity contribution is 6.06. The highest BCUT2D eigenvalue weighted by atomic mass is 16.5. The van der Waals surface area contributed by atoms with Gasteiger partial charge in [-0.2, -0.15) is 0 Å². The minimum Gasteiger partial charge on any atom is -0.464 e. The highest BCUT2D eigenvalue weighted by Gasteiger charge is 2.32. The average Bonchev–Trinajstić information content (AvgIpc) is 2.27. The second-order valence-electron chi connectivity index (χ2n) is 3.83. The minimum atomic E-state index is -0.514. The Morgan fingerprint density at radius 3 is 2.75 bits per heavy atom. The summed E-state index contributed by atoms with van der Waals surface area (Å²) in [5, 5.41) is 7.94. The summed E-state index contributed by atoms with van der Waals surface area (Å²) in [6.45, 7) is 6.92. The van der Waals surface area contributed by atoms with E-state index in [1.165, 1.54) is 5.57 Å². The second kappa shape index (κ2) is 5.68. The van der Waals surface area contributed by atoms with Gasteiger partial charge in [-0.25, -0.2) is 4.79 Å². The number of hydrogen-bond donors (Lipinski definition) is 1. The minimum absolute atomic E-state index is 0.305. The van der Waals surface area contributed by atoms with Gasteiger partial charge in [0.15, 0.2) is 6.04 Å². The highest BCUT2D eigenvalue weighted by Crippen LogP contribution is 2.20. The summed E-state index contributed by atoms with van der Waals surface area (Å²) in [5.41, 5.74) is 1.65. The van der Waals surface area contributed by atoms with E-state index in [1.54, 1.807) is 6.92 Å². The first-order chi connectivity index (χ1) is 7.63. The van der Waals surface area contributed by atoms with Gasteiger partial charge in [0.25, 0.3) is 0 Å². The fourth-order valence-electron chi connectivity index (χ4n) is 1.89. The molecule has 0 aromatic rings. The molecule has 0 fully saturated rings. The number of carbonyl (C=O) groups is 1. The molecule has 0 radical (unpaired) electrons. The summed E-state index contributed by atoms with van der Waals surface area (Å²) in [4.78, 5) is 13.6. The first-order valence-electron chi connectivity index (χ1n) is 5.83. The molecule has 0 aromatic carbocycles. The molecular formula is C12H20N2O2. The molecule has 1 N–H and O–H groups in total. The lowest BCUT2D eigenvalue weighted by atomic mass is 9.96. The summed E-state index contributed by atoms with van der Waals surface area (Å²) in [6, 6.07) is -0.514. The number of hydrogen-bond acceptors (Lipinski definition) is 4. The van der Waals surface area contributed by atoms with Crippen LogP contribution in [0.5, 0.6) is 0 Å². The SMILES string of the molecule is CCOC(=O)C1C(=N)CC(CC)=CN1CC. The Morgan fingerprint density at radius 1 is 1.56 bits per heavy atom. The lowest BCUT2D eigenvalue weighted by Crippen LogP contribution is -2.47. The van der Waals surface area contributed by atoms with Crippen LogP contribution < -0.4 is 0 Å². The lowest BCUT2D eigenvalue weighted by molar-refractivity contribution is -0.146. The van der Waals surface area contributed by atoms with E-state index in [1.807, 2.05) is 18.0 Å². The largest absolute Gasteiger partial charge is 0.464 e. The Bertz CT molecular complexity index is 310. The summed E-state index contributed by atoms with van der Waals surface area (Å²) in [7, 11) is 0. The summed E-state index contributed by atoms with van der Waals surface area (Å²) in [6.07, 6.45) is 3.52. The van der Waals surface area contributed by atoms with Crippen molar-refractivity contribution in [3.8, 4) is 0 Å². The van der Waals surface area contributed by atoms with E-state index >= 15 is 0 Å². The van der Waals surface area contributed by atoms with Crippen molar-refractivity contribution in [3.05, 3.63) is 11.8 Å². The van der Waals surface area contributed by atoms with Gasteiger partial charge < -0.3 is 15.0 Å². The van der Waals surface area contributed by atoms with Gasteiger partial charge in [-0.05, 0) is 32.0 Å². The van der Waals surface area contributed by atoms with Crippen LogP contribution in [0.25, 0.3) is 0 Å². The van der Waals surface area contributed by atoms with Gasteiger partial charge in [-0.3, -0.25) is 0 Å². The zero-order valence-corrected chi connectivity index (χ0v) is 10.2. The molecule has 0 bridgehead atoms. The van der Waals surface area contributed by atoms with E-state index in [4.69, 9.17) is 10.1 Å². The van der Waals surface area contributed by atoms with Crippen LogP contribution >= 0.6 is 0 Å². The maximum Gasteiger partial charge on any atom is 0.334 e. The predicted molar refractivity (Wildman–Crippen MR) is 63.5 cm³/mol. The van der Waals surface area contributed by atoms with E-state index in [2.05, 4.69) is 6.92 Å². The first kappa shape index (κ1) is 12.7. The average molecular weight is 224 g/mol. The molecule has 4 nitrogen and oxygen atoms in total. The quantitative estimate of drug-likeness (QED) is 0.743. The number of ether oxygens (including phenoxy) is 1. The van der Waals surface area contributed by atoms with Gasteiger partial charge in [0.1, 0.15) is 0 Å². The third-order valence-electron chi connectivity index (χ3n) is 2.76. The van der Waals surface area contributed by atoms with E-state index in [-0.39, 0.29) is 5.97 Å². The Balaban J connectivity index is 2.87. The monoisotopic (exact) mass is 224 g/mol. The van der Waals surface area contributed by atoms with Crippen molar-refractivity contribution in [3.63, 3.8) is 0 Å². The molecule has 0 aliphatic carbocycles. The molecule has 1 aliphatic rings. The maximum absolute atomic E-state index is 11.7. The van der Waals surface area contributed by atoms with Crippen LogP contribution in [0.15, 0.2) is 11.8 Å². The maximum atomic E-state index is 11.7.